The van der Waals surface area contributed by atoms with Crippen molar-refractivity contribution in [3.05, 3.63) is 88.7 Å². The Bertz CT molecular complexity index is 1860. The number of carbonyl (C=O) groups is 1. The topological polar surface area (TPSA) is 131 Å². The van der Waals surface area contributed by atoms with Crippen LogP contribution in [0.25, 0.3) is 22.0 Å². The second-order valence-electron chi connectivity index (χ2n) is 10.9. The van der Waals surface area contributed by atoms with Gasteiger partial charge in [0.25, 0.3) is 11.8 Å². The number of hydrogen-bond acceptors (Lipinski definition) is 10. The van der Waals surface area contributed by atoms with Gasteiger partial charge in [-0.15, -0.1) is 16.4 Å². The van der Waals surface area contributed by atoms with E-state index in [2.05, 4.69) is 30.8 Å². The zero-order chi connectivity index (χ0) is 28.9. The van der Waals surface area contributed by atoms with Gasteiger partial charge in [0, 0.05) is 40.9 Å². The van der Waals surface area contributed by atoms with Crippen molar-refractivity contribution >= 4 is 34.7 Å². The van der Waals surface area contributed by atoms with Crippen LogP contribution in [-0.4, -0.2) is 42.9 Å². The van der Waals surface area contributed by atoms with Crippen molar-refractivity contribution in [1.29, 1.82) is 0 Å². The molecule has 2 aliphatic carbocycles. The molecule has 1 atom stereocenters. The zero-order valence-corrected chi connectivity index (χ0v) is 23.6. The SMILES string of the molecule is O=C1Nc2c(F)cccc2C(c2ccccc2)=N[C@H]1Nc1nnc(-c2nc(C3CCC3)sc2-c2cnc(C3CC3)nc2)o1. The summed E-state index contributed by atoms with van der Waals surface area (Å²) < 4.78 is 20.9. The number of rotatable bonds is 7. The molecule has 4 heterocycles. The molecule has 0 saturated heterocycles. The average Bonchev–Trinajstić information content (AvgIpc) is 3.64. The molecule has 2 N–H and O–H groups in total. The molecule has 1 aliphatic heterocycles. The van der Waals surface area contributed by atoms with Crippen molar-refractivity contribution in [2.45, 2.75) is 50.1 Å². The number of aromatic nitrogens is 5. The Hall–Kier alpha value is -4.84. The molecular formula is C31H25FN8O2S. The van der Waals surface area contributed by atoms with Crippen LogP contribution >= 0.6 is 11.3 Å². The maximum atomic E-state index is 14.8. The smallest absolute Gasteiger partial charge is 0.317 e. The number of aliphatic imine (C=N–C) groups is 1. The summed E-state index contributed by atoms with van der Waals surface area (Å²) in [5.41, 5.74) is 3.12. The maximum Gasteiger partial charge on any atom is 0.317 e. The number of anilines is 2. The molecule has 8 rings (SSSR count). The van der Waals surface area contributed by atoms with Gasteiger partial charge in [0.2, 0.25) is 6.17 Å². The molecule has 2 saturated carbocycles. The third kappa shape index (κ3) is 4.87. The lowest BCUT2D eigenvalue weighted by atomic mass is 9.86. The van der Waals surface area contributed by atoms with Gasteiger partial charge in [0.15, 0.2) is 0 Å². The maximum absolute atomic E-state index is 14.8. The number of benzodiazepines with no additional fused rings is 1. The predicted octanol–water partition coefficient (Wildman–Crippen LogP) is 6.16. The van der Waals surface area contributed by atoms with Crippen LogP contribution in [0.1, 0.15) is 65.9 Å². The van der Waals surface area contributed by atoms with E-state index < -0.39 is 17.9 Å². The Labute approximate surface area is 249 Å². The lowest BCUT2D eigenvalue weighted by Gasteiger charge is -2.22. The summed E-state index contributed by atoms with van der Waals surface area (Å²) in [6.07, 6.45) is 8.15. The molecule has 1 amide bonds. The third-order valence-electron chi connectivity index (χ3n) is 7.93. The molecule has 0 radical (unpaired) electrons. The minimum Gasteiger partial charge on any atom is -0.402 e. The van der Waals surface area contributed by atoms with E-state index in [4.69, 9.17) is 14.4 Å². The number of hydrogen-bond donors (Lipinski definition) is 2. The molecule has 12 heteroatoms. The molecule has 0 spiro atoms. The van der Waals surface area contributed by atoms with Crippen molar-refractivity contribution in [3.63, 3.8) is 0 Å². The second-order valence-corrected chi connectivity index (χ2v) is 11.9. The number of thiazole rings is 1. The first-order chi connectivity index (χ1) is 21.1. The highest BCUT2D eigenvalue weighted by Crippen LogP contribution is 2.45. The fourth-order valence-electron chi connectivity index (χ4n) is 5.23. The Morgan fingerprint density at radius 1 is 0.930 bits per heavy atom. The van der Waals surface area contributed by atoms with Crippen molar-refractivity contribution in [2.75, 3.05) is 10.6 Å². The number of nitrogens with one attached hydrogen (secondary N) is 2. The van der Waals surface area contributed by atoms with E-state index >= 15 is 0 Å². The summed E-state index contributed by atoms with van der Waals surface area (Å²) in [5, 5.41) is 15.1. The van der Waals surface area contributed by atoms with E-state index in [1.54, 1.807) is 23.5 Å². The Balaban J connectivity index is 1.13. The van der Waals surface area contributed by atoms with Crippen LogP contribution in [0.5, 0.6) is 0 Å². The Kier molecular flexibility index (Phi) is 6.28. The number of benzene rings is 2. The van der Waals surface area contributed by atoms with Crippen LogP contribution in [0.4, 0.5) is 16.1 Å². The third-order valence-corrected chi connectivity index (χ3v) is 9.20. The number of halogens is 1. The van der Waals surface area contributed by atoms with Crippen LogP contribution in [-0.2, 0) is 4.79 Å². The largest absolute Gasteiger partial charge is 0.402 e. The lowest BCUT2D eigenvalue weighted by Crippen LogP contribution is -2.32. The molecule has 5 aromatic rings. The predicted molar refractivity (Wildman–Crippen MR) is 160 cm³/mol. The average molecular weight is 593 g/mol. The molecule has 0 unspecified atom stereocenters. The van der Waals surface area contributed by atoms with E-state index in [9.17, 15) is 9.18 Å². The number of nitrogens with zero attached hydrogens (tertiary/aromatic N) is 6. The minimum atomic E-state index is -1.17. The molecule has 3 aromatic heterocycles. The van der Waals surface area contributed by atoms with Crippen molar-refractivity contribution < 1.29 is 13.6 Å². The summed E-state index contributed by atoms with van der Waals surface area (Å²) in [7, 11) is 0. The number of fused-ring (bicyclic) bond motifs is 1. The van der Waals surface area contributed by atoms with E-state index in [1.807, 2.05) is 42.7 Å². The van der Waals surface area contributed by atoms with Gasteiger partial charge in [-0.2, -0.15) is 0 Å². The fourth-order valence-corrected chi connectivity index (χ4v) is 6.43. The normalized spacial score (nSPS) is 18.3. The highest BCUT2D eigenvalue weighted by atomic mass is 32.1. The molecule has 2 fully saturated rings. The number of amides is 1. The second kappa shape index (κ2) is 10.5. The van der Waals surface area contributed by atoms with Crippen molar-refractivity contribution in [1.82, 2.24) is 25.1 Å². The zero-order valence-electron chi connectivity index (χ0n) is 22.8. The van der Waals surface area contributed by atoms with E-state index in [0.29, 0.717) is 28.8 Å². The summed E-state index contributed by atoms with van der Waals surface area (Å²) in [6.45, 7) is 0. The van der Waals surface area contributed by atoms with Gasteiger partial charge < -0.3 is 15.1 Å². The molecule has 10 nitrogen and oxygen atoms in total. The molecule has 214 valence electrons. The molecular weight excluding hydrogens is 567 g/mol. The Morgan fingerprint density at radius 3 is 2.49 bits per heavy atom. The number of para-hydroxylation sites is 1. The molecule has 2 aromatic carbocycles. The quantitative estimate of drug-likeness (QED) is 0.230. The van der Waals surface area contributed by atoms with Gasteiger partial charge in [-0.3, -0.25) is 4.79 Å². The minimum absolute atomic E-state index is 0.0118. The van der Waals surface area contributed by atoms with Gasteiger partial charge in [-0.05, 0) is 31.7 Å². The van der Waals surface area contributed by atoms with Crippen LogP contribution in [0.15, 0.2) is 70.3 Å². The first kappa shape index (κ1) is 25.8. The van der Waals surface area contributed by atoms with Gasteiger partial charge in [-0.1, -0.05) is 54.0 Å². The molecule has 43 heavy (non-hydrogen) atoms. The monoisotopic (exact) mass is 592 g/mol. The fraction of sp³-hybridized carbons (Fsp3) is 0.258. The Morgan fingerprint density at radius 2 is 1.74 bits per heavy atom. The van der Waals surface area contributed by atoms with Crippen LogP contribution in [0.2, 0.25) is 0 Å². The number of carbonyl (C=O) groups excluding carboxylic acids is 1. The van der Waals surface area contributed by atoms with Crippen molar-refractivity contribution in [3.8, 4) is 22.0 Å². The van der Waals surface area contributed by atoms with Gasteiger partial charge in [0.1, 0.15) is 17.3 Å². The van der Waals surface area contributed by atoms with Gasteiger partial charge in [-0.25, -0.2) is 24.3 Å². The van der Waals surface area contributed by atoms with E-state index in [0.717, 1.165) is 52.5 Å². The van der Waals surface area contributed by atoms with Crippen LogP contribution in [0, 0.1) is 5.82 Å². The van der Waals surface area contributed by atoms with Crippen LogP contribution in [0.3, 0.4) is 0 Å². The lowest BCUT2D eigenvalue weighted by molar-refractivity contribution is -0.116. The standard InChI is InChI=1S/C31H25FN8O2S/c32-21-11-5-10-20-22(16-6-2-1-3-7-16)35-27(28(41)36-23(20)21)38-31-40-39-29(42-31)24-25(43-30(37-24)18-8-4-9-18)19-14-33-26(34-15-19)17-12-13-17/h1-3,5-7,10-11,14-15,17-18,27H,4,8-9,12-13H2,(H,36,41)(H,38,40)/t27-/m0/s1. The summed E-state index contributed by atoms with van der Waals surface area (Å²) in [6, 6.07) is 13.9. The first-order valence-corrected chi connectivity index (χ1v) is 15.1. The van der Waals surface area contributed by atoms with Gasteiger partial charge >= 0.3 is 6.01 Å². The summed E-state index contributed by atoms with van der Waals surface area (Å²) in [4.78, 5) is 32.9. The molecule has 3 aliphatic rings. The first-order valence-electron chi connectivity index (χ1n) is 14.3. The van der Waals surface area contributed by atoms with Crippen LogP contribution < -0.4 is 10.6 Å². The summed E-state index contributed by atoms with van der Waals surface area (Å²) >= 11 is 1.60. The highest BCUT2D eigenvalue weighted by molar-refractivity contribution is 7.15. The highest BCUT2D eigenvalue weighted by Gasteiger charge is 2.31. The molecule has 0 bridgehead atoms. The van der Waals surface area contributed by atoms with E-state index in [1.165, 1.54) is 12.5 Å². The van der Waals surface area contributed by atoms with Crippen molar-refractivity contribution in [2.24, 2.45) is 4.99 Å². The van der Waals surface area contributed by atoms with Gasteiger partial charge in [0.05, 0.1) is 21.3 Å². The summed E-state index contributed by atoms with van der Waals surface area (Å²) in [5.74, 6) is 0.834. The van der Waals surface area contributed by atoms with E-state index in [-0.39, 0.29) is 17.6 Å².